The third-order valence-corrected chi connectivity index (χ3v) is 3.92. The molecule has 0 aliphatic heterocycles. The van der Waals surface area contributed by atoms with Crippen molar-refractivity contribution in [3.05, 3.63) is 18.2 Å². The zero-order valence-electron chi connectivity index (χ0n) is 9.70. The van der Waals surface area contributed by atoms with Crippen molar-refractivity contribution in [3.63, 3.8) is 0 Å². The van der Waals surface area contributed by atoms with Gasteiger partial charge in [0.2, 0.25) is 0 Å². The molecule has 5 nitrogen and oxygen atoms in total. The van der Waals surface area contributed by atoms with Gasteiger partial charge >= 0.3 is 7.60 Å². The molecule has 92 valence electrons. The predicted molar refractivity (Wildman–Crippen MR) is 62.2 cm³/mol. The first-order chi connectivity index (χ1) is 7.46. The minimum absolute atomic E-state index is 0.495. The Morgan fingerprint density at radius 3 is 2.62 bits per heavy atom. The van der Waals surface area contributed by atoms with Crippen molar-refractivity contribution in [2.75, 3.05) is 0 Å². The summed E-state index contributed by atoms with van der Waals surface area (Å²) in [6, 6.07) is 0. The van der Waals surface area contributed by atoms with E-state index in [9.17, 15) is 14.4 Å². The first kappa shape index (κ1) is 13.4. The summed E-state index contributed by atoms with van der Waals surface area (Å²) in [5.74, 6) is -0.119. The summed E-state index contributed by atoms with van der Waals surface area (Å²) in [5.41, 5.74) is 0. The minimum atomic E-state index is -4.11. The standard InChI is InChI=1S/C10H19N2O3P/c1-3-4-5-6-10(16(13,14)15)12-8-7-11-9(12)2/h7-8,10H,3-6H2,1-2H3,(H2,13,14,15). The lowest BCUT2D eigenvalue weighted by Gasteiger charge is -2.21. The van der Waals surface area contributed by atoms with E-state index in [1.165, 1.54) is 0 Å². The molecular formula is C10H19N2O3P. The van der Waals surface area contributed by atoms with E-state index in [-0.39, 0.29) is 0 Å². The summed E-state index contributed by atoms with van der Waals surface area (Å²) >= 11 is 0. The second-order valence-electron chi connectivity index (χ2n) is 3.95. The zero-order valence-corrected chi connectivity index (χ0v) is 10.6. The minimum Gasteiger partial charge on any atom is -0.323 e. The van der Waals surface area contributed by atoms with Crippen LogP contribution in [0.25, 0.3) is 0 Å². The number of aryl methyl sites for hydroxylation is 1. The molecule has 1 heterocycles. The summed E-state index contributed by atoms with van der Waals surface area (Å²) < 4.78 is 13.0. The van der Waals surface area contributed by atoms with Gasteiger partial charge < -0.3 is 14.4 Å². The molecule has 1 unspecified atom stereocenters. The lowest BCUT2D eigenvalue weighted by Crippen LogP contribution is -2.10. The van der Waals surface area contributed by atoms with E-state index >= 15 is 0 Å². The monoisotopic (exact) mass is 246 g/mol. The summed E-state index contributed by atoms with van der Waals surface area (Å²) in [6.45, 7) is 3.82. The van der Waals surface area contributed by atoms with E-state index in [1.807, 2.05) is 0 Å². The van der Waals surface area contributed by atoms with Crippen LogP contribution in [0.5, 0.6) is 0 Å². The summed E-state index contributed by atoms with van der Waals surface area (Å²) in [6.07, 6.45) is 6.54. The van der Waals surface area contributed by atoms with Crippen LogP contribution in [0.4, 0.5) is 0 Å². The molecule has 1 atom stereocenters. The van der Waals surface area contributed by atoms with Crippen molar-refractivity contribution < 1.29 is 14.4 Å². The van der Waals surface area contributed by atoms with Crippen LogP contribution in [0.3, 0.4) is 0 Å². The fourth-order valence-electron chi connectivity index (χ4n) is 1.75. The van der Waals surface area contributed by atoms with Crippen molar-refractivity contribution >= 4 is 7.60 Å². The topological polar surface area (TPSA) is 75.4 Å². The highest BCUT2D eigenvalue weighted by molar-refractivity contribution is 7.51. The largest absolute Gasteiger partial charge is 0.348 e. The van der Waals surface area contributed by atoms with Crippen molar-refractivity contribution in [3.8, 4) is 0 Å². The first-order valence-corrected chi connectivity index (χ1v) is 7.19. The van der Waals surface area contributed by atoms with Gasteiger partial charge in [0, 0.05) is 12.4 Å². The van der Waals surface area contributed by atoms with Crippen LogP contribution in [-0.4, -0.2) is 19.3 Å². The highest BCUT2D eigenvalue weighted by Crippen LogP contribution is 2.51. The molecule has 0 fully saturated rings. The molecule has 0 aliphatic rings. The van der Waals surface area contributed by atoms with E-state index in [0.717, 1.165) is 19.3 Å². The molecule has 0 saturated heterocycles. The van der Waals surface area contributed by atoms with Crippen molar-refractivity contribution in [1.29, 1.82) is 0 Å². The number of hydrogen-bond donors (Lipinski definition) is 2. The van der Waals surface area contributed by atoms with Gasteiger partial charge in [0.05, 0.1) is 0 Å². The van der Waals surface area contributed by atoms with Crippen molar-refractivity contribution in [2.45, 2.75) is 45.3 Å². The summed E-state index contributed by atoms with van der Waals surface area (Å²) in [5, 5.41) is 0. The van der Waals surface area contributed by atoms with Gasteiger partial charge in [-0.25, -0.2) is 4.98 Å². The molecule has 0 aromatic carbocycles. The van der Waals surface area contributed by atoms with Gasteiger partial charge in [0.25, 0.3) is 0 Å². The Bertz CT molecular complexity index is 372. The fourth-order valence-corrected chi connectivity index (χ4v) is 2.84. The highest BCUT2D eigenvalue weighted by Gasteiger charge is 2.30. The van der Waals surface area contributed by atoms with Gasteiger partial charge in [-0.1, -0.05) is 26.2 Å². The second-order valence-corrected chi connectivity index (χ2v) is 5.72. The molecule has 1 aromatic heterocycles. The molecule has 0 bridgehead atoms. The Hall–Kier alpha value is -0.640. The van der Waals surface area contributed by atoms with Gasteiger partial charge in [-0.15, -0.1) is 0 Å². The molecule has 0 amide bonds. The molecule has 0 spiro atoms. The first-order valence-electron chi connectivity index (χ1n) is 5.51. The SMILES string of the molecule is CCCCCC(n1ccnc1C)P(=O)(O)O. The van der Waals surface area contributed by atoms with E-state index in [0.29, 0.717) is 12.2 Å². The average Bonchev–Trinajstić information content (AvgIpc) is 2.57. The van der Waals surface area contributed by atoms with Gasteiger partial charge in [0.1, 0.15) is 11.6 Å². The Morgan fingerprint density at radius 1 is 1.50 bits per heavy atom. The fraction of sp³-hybridized carbons (Fsp3) is 0.700. The van der Waals surface area contributed by atoms with E-state index in [4.69, 9.17) is 0 Å². The quantitative estimate of drug-likeness (QED) is 0.597. The maximum atomic E-state index is 11.4. The number of aromatic nitrogens is 2. The molecule has 16 heavy (non-hydrogen) atoms. The highest BCUT2D eigenvalue weighted by atomic mass is 31.2. The Kier molecular flexibility index (Phi) is 4.71. The molecule has 1 rings (SSSR count). The van der Waals surface area contributed by atoms with Crippen molar-refractivity contribution in [2.24, 2.45) is 0 Å². The van der Waals surface area contributed by atoms with Crippen LogP contribution >= 0.6 is 7.60 Å². The number of imidazole rings is 1. The third kappa shape index (κ3) is 3.44. The van der Waals surface area contributed by atoms with E-state index < -0.39 is 13.4 Å². The van der Waals surface area contributed by atoms with Crippen LogP contribution in [0.1, 0.15) is 44.2 Å². The molecule has 0 aliphatic carbocycles. The number of nitrogens with zero attached hydrogens (tertiary/aromatic N) is 2. The second kappa shape index (κ2) is 5.62. The molecule has 6 heteroatoms. The number of hydrogen-bond acceptors (Lipinski definition) is 2. The van der Waals surface area contributed by atoms with Gasteiger partial charge in [-0.2, -0.15) is 0 Å². The van der Waals surface area contributed by atoms with Crippen LogP contribution in [0.15, 0.2) is 12.4 Å². The molecular weight excluding hydrogens is 227 g/mol. The zero-order chi connectivity index (χ0) is 12.2. The van der Waals surface area contributed by atoms with Crippen LogP contribution in [0, 0.1) is 6.92 Å². The average molecular weight is 246 g/mol. The lowest BCUT2D eigenvalue weighted by molar-refractivity contribution is 0.331. The Balaban J connectivity index is 2.81. The molecule has 2 N–H and O–H groups in total. The number of rotatable bonds is 6. The van der Waals surface area contributed by atoms with Gasteiger partial charge in [0.15, 0.2) is 0 Å². The maximum Gasteiger partial charge on any atom is 0.348 e. The molecule has 1 aromatic rings. The van der Waals surface area contributed by atoms with Gasteiger partial charge in [-0.3, -0.25) is 4.57 Å². The Morgan fingerprint density at radius 2 is 2.19 bits per heavy atom. The third-order valence-electron chi connectivity index (χ3n) is 2.64. The Labute approximate surface area is 95.7 Å². The van der Waals surface area contributed by atoms with Crippen LogP contribution < -0.4 is 0 Å². The molecule has 0 saturated carbocycles. The van der Waals surface area contributed by atoms with E-state index in [2.05, 4.69) is 11.9 Å². The van der Waals surface area contributed by atoms with Crippen molar-refractivity contribution in [1.82, 2.24) is 9.55 Å². The van der Waals surface area contributed by atoms with E-state index in [1.54, 1.807) is 23.9 Å². The number of unbranched alkanes of at least 4 members (excludes halogenated alkanes) is 2. The lowest BCUT2D eigenvalue weighted by atomic mass is 10.2. The van der Waals surface area contributed by atoms with Gasteiger partial charge in [-0.05, 0) is 13.3 Å². The van der Waals surface area contributed by atoms with Crippen LogP contribution in [-0.2, 0) is 4.57 Å². The maximum absolute atomic E-state index is 11.4. The predicted octanol–water partition coefficient (Wildman–Crippen LogP) is 2.45. The molecule has 0 radical (unpaired) electrons. The van der Waals surface area contributed by atoms with Crippen LogP contribution in [0.2, 0.25) is 0 Å². The summed E-state index contributed by atoms with van der Waals surface area (Å²) in [7, 11) is -4.11. The normalized spacial score (nSPS) is 14.0. The summed E-state index contributed by atoms with van der Waals surface area (Å²) in [4.78, 5) is 22.7. The smallest absolute Gasteiger partial charge is 0.323 e.